The monoisotopic (exact) mass is 223 g/mol. The second-order valence-corrected chi connectivity index (χ2v) is 5.74. The topological polar surface area (TPSA) is 64.1 Å². The SMILES string of the molecule is CC(C)(C)n1nc([C@H]2CC[C@H](O)C2)cc1N. The second kappa shape index (κ2) is 3.77. The molecule has 1 heterocycles. The molecule has 0 bridgehead atoms. The summed E-state index contributed by atoms with van der Waals surface area (Å²) in [6.07, 6.45) is 2.56. The maximum absolute atomic E-state index is 9.53. The van der Waals surface area contributed by atoms with Crippen LogP contribution in [0.15, 0.2) is 6.07 Å². The van der Waals surface area contributed by atoms with Gasteiger partial charge in [-0.05, 0) is 40.0 Å². The highest BCUT2D eigenvalue weighted by Crippen LogP contribution is 2.35. The predicted molar refractivity (Wildman–Crippen MR) is 64.2 cm³/mol. The molecule has 4 heteroatoms. The lowest BCUT2D eigenvalue weighted by Crippen LogP contribution is -2.24. The minimum absolute atomic E-state index is 0.0838. The van der Waals surface area contributed by atoms with Gasteiger partial charge in [0.1, 0.15) is 5.82 Å². The summed E-state index contributed by atoms with van der Waals surface area (Å²) >= 11 is 0. The molecule has 90 valence electrons. The van der Waals surface area contributed by atoms with Crippen LogP contribution >= 0.6 is 0 Å². The van der Waals surface area contributed by atoms with Crippen LogP contribution < -0.4 is 5.73 Å². The van der Waals surface area contributed by atoms with Crippen LogP contribution in [0.4, 0.5) is 5.82 Å². The van der Waals surface area contributed by atoms with Crippen LogP contribution in [0.25, 0.3) is 0 Å². The van der Waals surface area contributed by atoms with E-state index < -0.39 is 0 Å². The molecule has 0 unspecified atom stereocenters. The lowest BCUT2D eigenvalue weighted by Gasteiger charge is -2.20. The van der Waals surface area contributed by atoms with Gasteiger partial charge in [-0.1, -0.05) is 0 Å². The molecule has 1 fully saturated rings. The van der Waals surface area contributed by atoms with E-state index in [0.29, 0.717) is 11.7 Å². The molecule has 0 aromatic carbocycles. The number of nitrogen functional groups attached to an aromatic ring is 1. The van der Waals surface area contributed by atoms with Crippen LogP contribution in [0, 0.1) is 0 Å². The highest BCUT2D eigenvalue weighted by Gasteiger charge is 2.28. The molecule has 1 aromatic heterocycles. The van der Waals surface area contributed by atoms with Crippen molar-refractivity contribution in [2.45, 2.75) is 57.6 Å². The van der Waals surface area contributed by atoms with E-state index >= 15 is 0 Å². The summed E-state index contributed by atoms with van der Waals surface area (Å²) < 4.78 is 1.87. The Labute approximate surface area is 96.5 Å². The van der Waals surface area contributed by atoms with Gasteiger partial charge in [0.05, 0.1) is 17.3 Å². The van der Waals surface area contributed by atoms with E-state index in [0.717, 1.165) is 25.0 Å². The smallest absolute Gasteiger partial charge is 0.122 e. The molecule has 0 radical (unpaired) electrons. The molecule has 0 aliphatic heterocycles. The van der Waals surface area contributed by atoms with Crippen molar-refractivity contribution in [1.29, 1.82) is 0 Å². The first kappa shape index (κ1) is 11.5. The lowest BCUT2D eigenvalue weighted by molar-refractivity contribution is 0.181. The van der Waals surface area contributed by atoms with Crippen LogP contribution in [0.5, 0.6) is 0 Å². The van der Waals surface area contributed by atoms with Gasteiger partial charge in [0.25, 0.3) is 0 Å². The van der Waals surface area contributed by atoms with Crippen molar-refractivity contribution < 1.29 is 5.11 Å². The summed E-state index contributed by atoms with van der Waals surface area (Å²) in [5, 5.41) is 14.1. The maximum Gasteiger partial charge on any atom is 0.122 e. The molecule has 0 saturated heterocycles. The molecular formula is C12H21N3O. The first-order chi connectivity index (χ1) is 7.38. The Balaban J connectivity index is 2.24. The Bertz CT molecular complexity index is 378. The number of aromatic nitrogens is 2. The quantitative estimate of drug-likeness (QED) is 0.763. The van der Waals surface area contributed by atoms with E-state index in [-0.39, 0.29) is 11.6 Å². The van der Waals surface area contributed by atoms with Crippen molar-refractivity contribution in [3.05, 3.63) is 11.8 Å². The van der Waals surface area contributed by atoms with Gasteiger partial charge in [0.15, 0.2) is 0 Å². The van der Waals surface area contributed by atoms with Crippen LogP contribution in [-0.4, -0.2) is 21.0 Å². The molecular weight excluding hydrogens is 202 g/mol. The van der Waals surface area contributed by atoms with Gasteiger partial charge in [-0.25, -0.2) is 4.68 Å². The number of hydrogen-bond acceptors (Lipinski definition) is 3. The minimum Gasteiger partial charge on any atom is -0.393 e. The lowest BCUT2D eigenvalue weighted by atomic mass is 10.0. The molecule has 4 nitrogen and oxygen atoms in total. The van der Waals surface area contributed by atoms with Gasteiger partial charge >= 0.3 is 0 Å². The number of aliphatic hydroxyl groups excluding tert-OH is 1. The maximum atomic E-state index is 9.53. The van der Waals surface area contributed by atoms with Crippen LogP contribution in [0.1, 0.15) is 51.6 Å². The highest BCUT2D eigenvalue weighted by atomic mass is 16.3. The highest BCUT2D eigenvalue weighted by molar-refractivity contribution is 5.34. The second-order valence-electron chi connectivity index (χ2n) is 5.74. The third-order valence-corrected chi connectivity index (χ3v) is 3.21. The zero-order valence-electron chi connectivity index (χ0n) is 10.3. The number of rotatable bonds is 1. The molecule has 0 amide bonds. The summed E-state index contributed by atoms with van der Waals surface area (Å²) in [6, 6.07) is 1.95. The molecule has 0 spiro atoms. The Morgan fingerprint density at radius 3 is 2.56 bits per heavy atom. The van der Waals surface area contributed by atoms with Crippen LogP contribution in [0.2, 0.25) is 0 Å². The summed E-state index contributed by atoms with van der Waals surface area (Å²) in [5.74, 6) is 1.09. The Hall–Kier alpha value is -1.03. The van der Waals surface area contributed by atoms with Gasteiger partial charge < -0.3 is 10.8 Å². The summed E-state index contributed by atoms with van der Waals surface area (Å²) in [4.78, 5) is 0. The van der Waals surface area contributed by atoms with Crippen molar-refractivity contribution in [3.63, 3.8) is 0 Å². The van der Waals surface area contributed by atoms with Crippen molar-refractivity contribution in [1.82, 2.24) is 9.78 Å². The molecule has 1 saturated carbocycles. The van der Waals surface area contributed by atoms with Crippen molar-refractivity contribution >= 4 is 5.82 Å². The summed E-state index contributed by atoms with van der Waals surface area (Å²) in [6.45, 7) is 6.26. The van der Waals surface area contributed by atoms with Crippen molar-refractivity contribution in [3.8, 4) is 0 Å². The fourth-order valence-electron chi connectivity index (χ4n) is 2.38. The molecule has 1 aliphatic carbocycles. The largest absolute Gasteiger partial charge is 0.393 e. The fourth-order valence-corrected chi connectivity index (χ4v) is 2.38. The molecule has 2 atom stereocenters. The summed E-state index contributed by atoms with van der Waals surface area (Å²) in [5.41, 5.74) is 6.92. The van der Waals surface area contributed by atoms with Gasteiger partial charge in [-0.2, -0.15) is 5.10 Å². The number of aliphatic hydroxyl groups is 1. The average molecular weight is 223 g/mol. The molecule has 1 aromatic rings. The number of nitrogens with two attached hydrogens (primary N) is 1. The van der Waals surface area contributed by atoms with E-state index in [1.54, 1.807) is 0 Å². The third-order valence-electron chi connectivity index (χ3n) is 3.21. The van der Waals surface area contributed by atoms with E-state index in [9.17, 15) is 5.11 Å². The van der Waals surface area contributed by atoms with Crippen molar-refractivity contribution in [2.75, 3.05) is 5.73 Å². The van der Waals surface area contributed by atoms with E-state index in [2.05, 4.69) is 25.9 Å². The van der Waals surface area contributed by atoms with Gasteiger partial charge in [-0.3, -0.25) is 0 Å². The molecule has 1 aliphatic rings. The predicted octanol–water partition coefficient (Wildman–Crippen LogP) is 1.85. The van der Waals surface area contributed by atoms with Gasteiger partial charge in [0, 0.05) is 12.0 Å². The minimum atomic E-state index is -0.161. The normalized spacial score (nSPS) is 26.2. The fraction of sp³-hybridized carbons (Fsp3) is 0.750. The molecule has 2 rings (SSSR count). The van der Waals surface area contributed by atoms with E-state index in [1.165, 1.54) is 0 Å². The Morgan fingerprint density at radius 1 is 1.44 bits per heavy atom. The Morgan fingerprint density at radius 2 is 2.12 bits per heavy atom. The van der Waals surface area contributed by atoms with Gasteiger partial charge in [-0.15, -0.1) is 0 Å². The average Bonchev–Trinajstić information content (AvgIpc) is 2.70. The zero-order chi connectivity index (χ0) is 11.9. The number of hydrogen-bond donors (Lipinski definition) is 2. The summed E-state index contributed by atoms with van der Waals surface area (Å²) in [7, 11) is 0. The standard InChI is InChI=1S/C12H21N3O/c1-12(2,3)15-11(13)7-10(14-15)8-4-5-9(16)6-8/h7-9,16H,4-6,13H2,1-3H3/t8-,9-/m0/s1. The van der Waals surface area contributed by atoms with E-state index in [4.69, 9.17) is 5.73 Å². The van der Waals surface area contributed by atoms with Gasteiger partial charge in [0.2, 0.25) is 0 Å². The van der Waals surface area contributed by atoms with E-state index in [1.807, 2.05) is 10.7 Å². The third kappa shape index (κ3) is 2.07. The molecule has 16 heavy (non-hydrogen) atoms. The molecule has 3 N–H and O–H groups in total. The van der Waals surface area contributed by atoms with Crippen molar-refractivity contribution in [2.24, 2.45) is 0 Å². The number of anilines is 1. The van der Waals surface area contributed by atoms with Crippen LogP contribution in [-0.2, 0) is 5.54 Å². The number of nitrogens with zero attached hydrogens (tertiary/aromatic N) is 2. The first-order valence-electron chi connectivity index (χ1n) is 5.92. The zero-order valence-corrected chi connectivity index (χ0v) is 10.3. The van der Waals surface area contributed by atoms with Crippen LogP contribution in [0.3, 0.4) is 0 Å². The Kier molecular flexibility index (Phi) is 2.70. The first-order valence-corrected chi connectivity index (χ1v) is 5.92.